The number of hydrogen-bond donors (Lipinski definition) is 1. The van der Waals surface area contributed by atoms with Gasteiger partial charge >= 0.3 is 0 Å². The molecule has 2 aromatic carbocycles. The van der Waals surface area contributed by atoms with Crippen molar-refractivity contribution in [3.8, 4) is 17.0 Å². The van der Waals surface area contributed by atoms with Crippen molar-refractivity contribution in [2.45, 2.75) is 6.61 Å². The fourth-order valence-corrected chi connectivity index (χ4v) is 3.91. The molecule has 3 aromatic rings. The summed E-state index contributed by atoms with van der Waals surface area (Å²) in [5.74, 6) is 0.495. The number of nitrogens with zero attached hydrogens (tertiary/aromatic N) is 1. The standard InChI is InChI=1S/C17H10Cl2N2O2S/c18-10-5-9(6-11(19)7-10)16(22)21-17-20-15-12-3-1-2-4-13(12)23-8-14(15)24-17/h1-7H,8H2,(H,20,21,22). The van der Waals surface area contributed by atoms with E-state index in [1.165, 1.54) is 11.3 Å². The lowest BCUT2D eigenvalue weighted by Crippen LogP contribution is -2.11. The molecule has 0 unspecified atom stereocenters. The summed E-state index contributed by atoms with van der Waals surface area (Å²) < 4.78 is 5.71. The van der Waals surface area contributed by atoms with Crippen LogP contribution in [0.3, 0.4) is 0 Å². The Bertz CT molecular complexity index is 935. The molecule has 7 heteroatoms. The second-order valence-electron chi connectivity index (χ2n) is 5.19. The Balaban J connectivity index is 1.63. The first-order chi connectivity index (χ1) is 11.6. The molecule has 1 amide bonds. The predicted molar refractivity (Wildman–Crippen MR) is 96.3 cm³/mol. The van der Waals surface area contributed by atoms with Crippen LogP contribution in [0.4, 0.5) is 5.13 Å². The number of ether oxygens (including phenoxy) is 1. The van der Waals surface area contributed by atoms with Crippen molar-refractivity contribution in [2.24, 2.45) is 0 Å². The number of aromatic nitrogens is 1. The Morgan fingerprint density at radius 3 is 2.71 bits per heavy atom. The van der Waals surface area contributed by atoms with Crippen LogP contribution >= 0.6 is 34.5 Å². The van der Waals surface area contributed by atoms with E-state index in [1.54, 1.807) is 18.2 Å². The van der Waals surface area contributed by atoms with Gasteiger partial charge in [0.15, 0.2) is 5.13 Å². The molecule has 0 spiro atoms. The Hall–Kier alpha value is -2.08. The second kappa shape index (κ2) is 6.09. The van der Waals surface area contributed by atoms with E-state index in [9.17, 15) is 4.79 Å². The zero-order chi connectivity index (χ0) is 16.7. The summed E-state index contributed by atoms with van der Waals surface area (Å²) in [5, 5.41) is 4.13. The molecule has 1 N–H and O–H groups in total. The largest absolute Gasteiger partial charge is 0.487 e. The molecule has 0 fully saturated rings. The number of carbonyl (C=O) groups is 1. The van der Waals surface area contributed by atoms with Crippen LogP contribution < -0.4 is 10.1 Å². The minimum atomic E-state index is -0.306. The maximum atomic E-state index is 12.4. The van der Waals surface area contributed by atoms with Crippen LogP contribution in [-0.2, 0) is 6.61 Å². The number of nitrogens with one attached hydrogen (secondary N) is 1. The predicted octanol–water partition coefficient (Wildman–Crippen LogP) is 5.26. The van der Waals surface area contributed by atoms with Crippen molar-refractivity contribution in [2.75, 3.05) is 5.32 Å². The quantitative estimate of drug-likeness (QED) is 0.663. The van der Waals surface area contributed by atoms with E-state index in [-0.39, 0.29) is 5.91 Å². The Labute approximate surface area is 152 Å². The monoisotopic (exact) mass is 376 g/mol. The van der Waals surface area contributed by atoms with Crippen molar-refractivity contribution in [3.63, 3.8) is 0 Å². The van der Waals surface area contributed by atoms with Crippen LogP contribution in [0.2, 0.25) is 10.0 Å². The van der Waals surface area contributed by atoms with Gasteiger partial charge in [-0.15, -0.1) is 0 Å². The van der Waals surface area contributed by atoms with Gasteiger partial charge in [0.05, 0.1) is 10.6 Å². The number of halogens is 2. The summed E-state index contributed by atoms with van der Waals surface area (Å²) in [7, 11) is 0. The van der Waals surface area contributed by atoms with E-state index in [1.807, 2.05) is 24.3 Å². The molecule has 1 aromatic heterocycles. The Morgan fingerprint density at radius 2 is 1.92 bits per heavy atom. The minimum Gasteiger partial charge on any atom is -0.487 e. The van der Waals surface area contributed by atoms with E-state index in [0.29, 0.717) is 27.3 Å². The summed E-state index contributed by atoms with van der Waals surface area (Å²) in [6, 6.07) is 12.4. The van der Waals surface area contributed by atoms with Gasteiger partial charge in [-0.25, -0.2) is 4.98 Å². The molecular formula is C17H10Cl2N2O2S. The number of amides is 1. The lowest BCUT2D eigenvalue weighted by molar-refractivity contribution is 0.102. The lowest BCUT2D eigenvalue weighted by Gasteiger charge is -2.15. The SMILES string of the molecule is O=C(Nc1nc2c(s1)COc1ccccc1-2)c1cc(Cl)cc(Cl)c1. The molecule has 0 atom stereocenters. The van der Waals surface area contributed by atoms with Crippen LogP contribution in [0.15, 0.2) is 42.5 Å². The van der Waals surface area contributed by atoms with E-state index >= 15 is 0 Å². The molecule has 0 aliphatic carbocycles. The maximum Gasteiger partial charge on any atom is 0.257 e. The molecule has 0 saturated heterocycles. The fourth-order valence-electron chi connectivity index (χ4n) is 2.50. The first-order valence-electron chi connectivity index (χ1n) is 7.09. The molecule has 24 heavy (non-hydrogen) atoms. The molecule has 0 bridgehead atoms. The Morgan fingerprint density at radius 1 is 1.17 bits per heavy atom. The third-order valence-electron chi connectivity index (χ3n) is 3.54. The summed E-state index contributed by atoms with van der Waals surface area (Å²) in [4.78, 5) is 17.9. The highest BCUT2D eigenvalue weighted by Gasteiger charge is 2.22. The highest BCUT2D eigenvalue weighted by Crippen LogP contribution is 2.40. The Kier molecular flexibility index (Phi) is 3.92. The summed E-state index contributed by atoms with van der Waals surface area (Å²) in [6.45, 7) is 0.447. The second-order valence-corrected chi connectivity index (χ2v) is 7.14. The average Bonchev–Trinajstić information content (AvgIpc) is 2.97. The van der Waals surface area contributed by atoms with Crippen molar-refractivity contribution in [1.29, 1.82) is 0 Å². The van der Waals surface area contributed by atoms with Gasteiger partial charge < -0.3 is 4.74 Å². The van der Waals surface area contributed by atoms with Crippen molar-refractivity contribution >= 4 is 45.6 Å². The molecule has 4 nitrogen and oxygen atoms in total. The first-order valence-corrected chi connectivity index (χ1v) is 8.67. The van der Waals surface area contributed by atoms with Gasteiger partial charge in [0.2, 0.25) is 0 Å². The fraction of sp³-hybridized carbons (Fsp3) is 0.0588. The minimum absolute atomic E-state index is 0.306. The number of hydrogen-bond acceptors (Lipinski definition) is 4. The van der Waals surface area contributed by atoms with E-state index in [4.69, 9.17) is 27.9 Å². The number of fused-ring (bicyclic) bond motifs is 3. The molecule has 120 valence electrons. The topological polar surface area (TPSA) is 51.2 Å². The third kappa shape index (κ3) is 2.86. The number of thiazole rings is 1. The van der Waals surface area contributed by atoms with Crippen LogP contribution in [0.5, 0.6) is 5.75 Å². The number of para-hydroxylation sites is 1. The first kappa shape index (κ1) is 15.4. The van der Waals surface area contributed by atoms with Gasteiger partial charge in [-0.3, -0.25) is 10.1 Å². The van der Waals surface area contributed by atoms with Crippen molar-refractivity contribution < 1.29 is 9.53 Å². The van der Waals surface area contributed by atoms with Gasteiger partial charge in [0.25, 0.3) is 5.91 Å². The van der Waals surface area contributed by atoms with Crippen LogP contribution in [0, 0.1) is 0 Å². The van der Waals surface area contributed by atoms with Gasteiger partial charge in [0.1, 0.15) is 12.4 Å². The smallest absolute Gasteiger partial charge is 0.257 e. The van der Waals surface area contributed by atoms with E-state index in [2.05, 4.69) is 10.3 Å². The number of anilines is 1. The zero-order valence-electron chi connectivity index (χ0n) is 12.2. The molecular weight excluding hydrogens is 367 g/mol. The molecule has 1 aliphatic heterocycles. The lowest BCUT2D eigenvalue weighted by atomic mass is 10.1. The molecule has 0 saturated carbocycles. The highest BCUT2D eigenvalue weighted by molar-refractivity contribution is 7.16. The summed E-state index contributed by atoms with van der Waals surface area (Å²) in [6.07, 6.45) is 0. The summed E-state index contributed by atoms with van der Waals surface area (Å²) in [5.41, 5.74) is 2.17. The zero-order valence-corrected chi connectivity index (χ0v) is 14.5. The van der Waals surface area contributed by atoms with E-state index < -0.39 is 0 Å². The van der Waals surface area contributed by atoms with Crippen LogP contribution in [0.1, 0.15) is 15.2 Å². The summed E-state index contributed by atoms with van der Waals surface area (Å²) >= 11 is 13.3. The van der Waals surface area contributed by atoms with Crippen LogP contribution in [-0.4, -0.2) is 10.9 Å². The normalized spacial score (nSPS) is 12.1. The van der Waals surface area contributed by atoms with Gasteiger partial charge in [-0.05, 0) is 30.3 Å². The van der Waals surface area contributed by atoms with Crippen molar-refractivity contribution in [3.05, 3.63) is 63.0 Å². The number of benzene rings is 2. The van der Waals surface area contributed by atoms with E-state index in [0.717, 1.165) is 21.9 Å². The molecule has 2 heterocycles. The van der Waals surface area contributed by atoms with Crippen molar-refractivity contribution in [1.82, 2.24) is 4.98 Å². The van der Waals surface area contributed by atoms with Gasteiger partial charge in [0, 0.05) is 21.2 Å². The van der Waals surface area contributed by atoms with Crippen LogP contribution in [0.25, 0.3) is 11.3 Å². The number of carbonyl (C=O) groups excluding carboxylic acids is 1. The molecule has 1 aliphatic rings. The van der Waals surface area contributed by atoms with Gasteiger partial charge in [-0.1, -0.05) is 46.7 Å². The maximum absolute atomic E-state index is 12.4. The molecule has 4 rings (SSSR count). The number of rotatable bonds is 2. The third-order valence-corrected chi connectivity index (χ3v) is 4.92. The van der Waals surface area contributed by atoms with Gasteiger partial charge in [-0.2, -0.15) is 0 Å². The highest BCUT2D eigenvalue weighted by atomic mass is 35.5. The molecule has 0 radical (unpaired) electrons. The average molecular weight is 377 g/mol.